The third-order valence-electron chi connectivity index (χ3n) is 3.03. The molecule has 0 bridgehead atoms. The van der Waals surface area contributed by atoms with Gasteiger partial charge in [0.05, 0.1) is 11.0 Å². The second-order valence-corrected chi connectivity index (χ2v) is 4.90. The molecule has 1 aliphatic carbocycles. The zero-order valence-corrected chi connectivity index (χ0v) is 11.0. The summed E-state index contributed by atoms with van der Waals surface area (Å²) in [6.45, 7) is 6.91. The molecule has 0 atom stereocenters. The number of nitro benzene ring substituents is 1. The zero-order valence-electron chi connectivity index (χ0n) is 11.0. The highest BCUT2D eigenvalue weighted by molar-refractivity contribution is 5.43. The highest BCUT2D eigenvalue weighted by Gasteiger charge is 2.20. The van der Waals surface area contributed by atoms with E-state index in [2.05, 4.69) is 11.9 Å². The first kappa shape index (κ1) is 13.5. The lowest BCUT2D eigenvalue weighted by Crippen LogP contribution is -2.21. The first-order chi connectivity index (χ1) is 9.06. The second-order valence-electron chi connectivity index (χ2n) is 4.90. The lowest BCUT2D eigenvalue weighted by molar-refractivity contribution is -0.384. The van der Waals surface area contributed by atoms with Crippen LogP contribution in [0.15, 0.2) is 30.4 Å². The molecule has 1 aromatic rings. The molecule has 2 rings (SSSR count). The normalized spacial score (nSPS) is 14.2. The molecule has 0 heterocycles. The molecule has 1 N–H and O–H groups in total. The van der Waals surface area contributed by atoms with E-state index < -0.39 is 4.92 Å². The largest absolute Gasteiger partial charge is 0.489 e. The standard InChI is InChI=1S/C14H18N2O3/c1-10(8-15-12-4-5-12)9-19-14-7-13(16(17)18)6-3-11(14)2/h3,6-7,12,15H,1,4-5,8-9H2,2H3. The summed E-state index contributed by atoms with van der Waals surface area (Å²) in [6, 6.07) is 5.26. The molecule has 5 heteroatoms. The summed E-state index contributed by atoms with van der Waals surface area (Å²) in [6.07, 6.45) is 2.47. The van der Waals surface area contributed by atoms with E-state index in [1.807, 2.05) is 6.92 Å². The molecule has 0 unspecified atom stereocenters. The molecule has 102 valence electrons. The Balaban J connectivity index is 1.88. The van der Waals surface area contributed by atoms with E-state index in [0.29, 0.717) is 18.4 Å². The molecule has 0 amide bonds. The number of rotatable bonds is 7. The van der Waals surface area contributed by atoms with Crippen molar-refractivity contribution in [1.82, 2.24) is 5.32 Å². The van der Waals surface area contributed by atoms with Crippen molar-refractivity contribution in [1.29, 1.82) is 0 Å². The van der Waals surface area contributed by atoms with E-state index in [0.717, 1.165) is 17.7 Å². The van der Waals surface area contributed by atoms with Gasteiger partial charge in [0.25, 0.3) is 5.69 Å². The topological polar surface area (TPSA) is 64.4 Å². The van der Waals surface area contributed by atoms with Gasteiger partial charge in [-0.05, 0) is 37.0 Å². The molecule has 0 spiro atoms. The fourth-order valence-electron chi connectivity index (χ4n) is 1.66. The minimum absolute atomic E-state index is 0.0438. The van der Waals surface area contributed by atoms with Crippen LogP contribution in [-0.4, -0.2) is 24.1 Å². The van der Waals surface area contributed by atoms with Gasteiger partial charge in [0.1, 0.15) is 12.4 Å². The molecule has 5 nitrogen and oxygen atoms in total. The summed E-state index contributed by atoms with van der Waals surface area (Å²) < 4.78 is 5.60. The molecule has 1 aromatic carbocycles. The highest BCUT2D eigenvalue weighted by atomic mass is 16.6. The van der Waals surface area contributed by atoms with E-state index >= 15 is 0 Å². The summed E-state index contributed by atoms with van der Waals surface area (Å²) in [5.41, 5.74) is 1.87. The molecule has 0 aliphatic heterocycles. The minimum atomic E-state index is -0.421. The number of nitrogens with zero attached hydrogens (tertiary/aromatic N) is 1. The lowest BCUT2D eigenvalue weighted by atomic mass is 10.2. The molecule has 1 fully saturated rings. The van der Waals surface area contributed by atoms with Gasteiger partial charge in [0.15, 0.2) is 0 Å². The number of hydrogen-bond donors (Lipinski definition) is 1. The minimum Gasteiger partial charge on any atom is -0.489 e. The second kappa shape index (κ2) is 5.84. The summed E-state index contributed by atoms with van der Waals surface area (Å²) in [5, 5.41) is 14.1. The van der Waals surface area contributed by atoms with Crippen molar-refractivity contribution in [3.8, 4) is 5.75 Å². The van der Waals surface area contributed by atoms with E-state index in [-0.39, 0.29) is 5.69 Å². The summed E-state index contributed by atoms with van der Waals surface area (Å²) in [5.74, 6) is 0.543. The number of non-ortho nitro benzene ring substituents is 1. The van der Waals surface area contributed by atoms with Crippen LogP contribution in [0.2, 0.25) is 0 Å². The van der Waals surface area contributed by atoms with E-state index in [4.69, 9.17) is 4.74 Å². The molecule has 0 aromatic heterocycles. The van der Waals surface area contributed by atoms with E-state index in [9.17, 15) is 10.1 Å². The van der Waals surface area contributed by atoms with Gasteiger partial charge in [-0.2, -0.15) is 0 Å². The molecule has 1 aliphatic rings. The van der Waals surface area contributed by atoms with Gasteiger partial charge in [-0.1, -0.05) is 6.58 Å². The molecular formula is C14H18N2O3. The Labute approximate surface area is 112 Å². The number of aryl methyl sites for hydroxylation is 1. The van der Waals surface area contributed by atoms with Crippen molar-refractivity contribution in [3.05, 3.63) is 46.0 Å². The first-order valence-electron chi connectivity index (χ1n) is 6.34. The average molecular weight is 262 g/mol. The van der Waals surface area contributed by atoms with Gasteiger partial charge in [-0.15, -0.1) is 0 Å². The summed E-state index contributed by atoms with van der Waals surface area (Å²) in [4.78, 5) is 10.3. The van der Waals surface area contributed by atoms with Crippen LogP contribution in [0, 0.1) is 17.0 Å². The Bertz CT molecular complexity index is 495. The monoisotopic (exact) mass is 262 g/mol. The Morgan fingerprint density at radius 3 is 2.95 bits per heavy atom. The maximum Gasteiger partial charge on any atom is 0.273 e. The number of benzene rings is 1. The smallest absolute Gasteiger partial charge is 0.273 e. The lowest BCUT2D eigenvalue weighted by Gasteiger charge is -2.11. The number of nitro groups is 1. The van der Waals surface area contributed by atoms with Crippen LogP contribution in [0.4, 0.5) is 5.69 Å². The number of hydrogen-bond acceptors (Lipinski definition) is 4. The Kier molecular flexibility index (Phi) is 4.16. The van der Waals surface area contributed by atoms with Crippen LogP contribution in [-0.2, 0) is 0 Å². The van der Waals surface area contributed by atoms with Crippen molar-refractivity contribution in [2.24, 2.45) is 0 Å². The molecule has 1 saturated carbocycles. The fourth-order valence-corrected chi connectivity index (χ4v) is 1.66. The maximum absolute atomic E-state index is 10.7. The maximum atomic E-state index is 10.7. The van der Waals surface area contributed by atoms with Crippen LogP contribution in [0.1, 0.15) is 18.4 Å². The predicted molar refractivity (Wildman–Crippen MR) is 73.5 cm³/mol. The van der Waals surface area contributed by atoms with Crippen molar-refractivity contribution >= 4 is 5.69 Å². The van der Waals surface area contributed by atoms with Crippen molar-refractivity contribution < 1.29 is 9.66 Å². The van der Waals surface area contributed by atoms with Crippen molar-refractivity contribution in [2.45, 2.75) is 25.8 Å². The van der Waals surface area contributed by atoms with E-state index in [1.165, 1.54) is 25.0 Å². The quantitative estimate of drug-likeness (QED) is 0.466. The van der Waals surface area contributed by atoms with Gasteiger partial charge >= 0.3 is 0 Å². The zero-order chi connectivity index (χ0) is 13.8. The van der Waals surface area contributed by atoms with Gasteiger partial charge in [0, 0.05) is 18.7 Å². The summed E-state index contributed by atoms with van der Waals surface area (Å²) >= 11 is 0. The third-order valence-corrected chi connectivity index (χ3v) is 3.03. The van der Waals surface area contributed by atoms with Crippen LogP contribution in [0.25, 0.3) is 0 Å². The number of nitrogens with one attached hydrogen (secondary N) is 1. The molecule has 0 radical (unpaired) electrons. The van der Waals surface area contributed by atoms with Gasteiger partial charge in [0.2, 0.25) is 0 Å². The first-order valence-corrected chi connectivity index (χ1v) is 6.34. The summed E-state index contributed by atoms with van der Waals surface area (Å²) in [7, 11) is 0. The molecular weight excluding hydrogens is 244 g/mol. The highest BCUT2D eigenvalue weighted by Crippen LogP contribution is 2.24. The Morgan fingerprint density at radius 1 is 1.58 bits per heavy atom. The van der Waals surface area contributed by atoms with E-state index in [1.54, 1.807) is 6.07 Å². The fraction of sp³-hybridized carbons (Fsp3) is 0.429. The van der Waals surface area contributed by atoms with Crippen LogP contribution < -0.4 is 10.1 Å². The van der Waals surface area contributed by atoms with Crippen LogP contribution >= 0.6 is 0 Å². The predicted octanol–water partition coefficient (Wildman–Crippen LogP) is 2.59. The van der Waals surface area contributed by atoms with Gasteiger partial charge in [-0.3, -0.25) is 10.1 Å². The SMILES string of the molecule is C=C(CNC1CC1)COc1cc([N+](=O)[O-])ccc1C. The van der Waals surface area contributed by atoms with Crippen LogP contribution in [0.5, 0.6) is 5.75 Å². The van der Waals surface area contributed by atoms with Crippen molar-refractivity contribution in [3.63, 3.8) is 0 Å². The number of ether oxygens (including phenoxy) is 1. The Morgan fingerprint density at radius 2 is 2.32 bits per heavy atom. The Hall–Kier alpha value is -1.88. The van der Waals surface area contributed by atoms with Crippen molar-refractivity contribution in [2.75, 3.05) is 13.2 Å². The van der Waals surface area contributed by atoms with Gasteiger partial charge < -0.3 is 10.1 Å². The van der Waals surface area contributed by atoms with Gasteiger partial charge in [-0.25, -0.2) is 0 Å². The molecule has 0 saturated heterocycles. The average Bonchev–Trinajstić information content (AvgIpc) is 3.19. The van der Waals surface area contributed by atoms with Crippen LogP contribution in [0.3, 0.4) is 0 Å². The molecule has 19 heavy (non-hydrogen) atoms. The third kappa shape index (κ3) is 4.06.